The summed E-state index contributed by atoms with van der Waals surface area (Å²) in [4.78, 5) is 28.3. The average Bonchev–Trinajstić information content (AvgIpc) is 3.21. The number of rotatable bonds is 4. The first-order valence-electron chi connectivity index (χ1n) is 10.6. The number of carbonyl (C=O) groups is 2. The van der Waals surface area contributed by atoms with Gasteiger partial charge in [0.15, 0.2) is 0 Å². The van der Waals surface area contributed by atoms with Crippen molar-refractivity contribution in [3.63, 3.8) is 0 Å². The number of hydrogen-bond donors (Lipinski definition) is 1. The highest BCUT2D eigenvalue weighted by atomic mass is 16.5. The number of ether oxygens (including phenoxy) is 1. The van der Waals surface area contributed by atoms with Crippen LogP contribution in [0.5, 0.6) is 0 Å². The molecule has 0 unspecified atom stereocenters. The Hall–Kier alpha value is -3.65. The Morgan fingerprint density at radius 1 is 1.09 bits per heavy atom. The molecular weight excluding hydrogens is 408 g/mol. The molecule has 164 valence electrons. The summed E-state index contributed by atoms with van der Waals surface area (Å²) in [5.41, 5.74) is 3.79. The van der Waals surface area contributed by atoms with Crippen molar-refractivity contribution < 1.29 is 19.4 Å². The van der Waals surface area contributed by atoms with Crippen molar-refractivity contribution in [1.29, 1.82) is 0 Å². The maximum atomic E-state index is 13.2. The van der Waals surface area contributed by atoms with Gasteiger partial charge in [-0.15, -0.1) is 0 Å². The first-order valence-corrected chi connectivity index (χ1v) is 10.6. The standard InChI is InChI=1S/C24H24N4O4/c1-16-12-26(24(30)31)22-10-18(19-11-25-27(13-19)20-14-32-15-20)7-8-21(22)28(16)23(29)9-17-5-3-2-4-6-17/h2-8,10-11,13,16,20H,9,12,14-15H2,1H3,(H,30,31)/t16-/m0/s1. The molecule has 3 aromatic rings. The van der Waals surface area contributed by atoms with Crippen LogP contribution in [0.2, 0.25) is 0 Å². The van der Waals surface area contributed by atoms with E-state index in [4.69, 9.17) is 4.74 Å². The van der Waals surface area contributed by atoms with Gasteiger partial charge in [-0.3, -0.25) is 14.4 Å². The predicted octanol–water partition coefficient (Wildman–Crippen LogP) is 3.58. The topological polar surface area (TPSA) is 87.9 Å². The normalized spacial score (nSPS) is 18.2. The van der Waals surface area contributed by atoms with Crippen LogP contribution < -0.4 is 9.80 Å². The van der Waals surface area contributed by atoms with Crippen molar-refractivity contribution in [2.45, 2.75) is 25.4 Å². The number of anilines is 2. The number of benzene rings is 2. The molecule has 0 radical (unpaired) electrons. The molecule has 1 N–H and O–H groups in total. The van der Waals surface area contributed by atoms with Crippen LogP contribution in [0.15, 0.2) is 60.9 Å². The van der Waals surface area contributed by atoms with Crippen molar-refractivity contribution in [1.82, 2.24) is 9.78 Å². The summed E-state index contributed by atoms with van der Waals surface area (Å²) in [7, 11) is 0. The van der Waals surface area contributed by atoms with Gasteiger partial charge in [-0.2, -0.15) is 5.10 Å². The third-order valence-corrected chi connectivity index (χ3v) is 6.04. The number of fused-ring (bicyclic) bond motifs is 1. The molecule has 32 heavy (non-hydrogen) atoms. The lowest BCUT2D eigenvalue weighted by Gasteiger charge is -2.40. The van der Waals surface area contributed by atoms with E-state index in [9.17, 15) is 14.7 Å². The van der Waals surface area contributed by atoms with Gasteiger partial charge in [0.1, 0.15) is 0 Å². The fraction of sp³-hybridized carbons (Fsp3) is 0.292. The van der Waals surface area contributed by atoms with E-state index in [1.165, 1.54) is 4.90 Å². The molecule has 2 aliphatic rings. The zero-order chi connectivity index (χ0) is 22.2. The molecule has 1 fully saturated rings. The molecule has 5 rings (SSSR count). The molecule has 8 heteroatoms. The van der Waals surface area contributed by atoms with Crippen molar-refractivity contribution in [3.8, 4) is 11.1 Å². The zero-order valence-electron chi connectivity index (χ0n) is 17.7. The van der Waals surface area contributed by atoms with Gasteiger partial charge >= 0.3 is 6.09 Å². The largest absolute Gasteiger partial charge is 0.465 e. The van der Waals surface area contributed by atoms with Crippen LogP contribution in [0.3, 0.4) is 0 Å². The lowest BCUT2D eigenvalue weighted by atomic mass is 10.0. The van der Waals surface area contributed by atoms with Gasteiger partial charge in [0.25, 0.3) is 0 Å². The van der Waals surface area contributed by atoms with Gasteiger partial charge in [0.2, 0.25) is 5.91 Å². The fourth-order valence-corrected chi connectivity index (χ4v) is 4.28. The number of carboxylic acid groups (broad SMARTS) is 1. The van der Waals surface area contributed by atoms with Crippen LogP contribution in [0.25, 0.3) is 11.1 Å². The summed E-state index contributed by atoms with van der Waals surface area (Å²) in [6, 6.07) is 15.1. The molecule has 0 bridgehead atoms. The molecule has 1 aromatic heterocycles. The number of nitrogens with zero attached hydrogens (tertiary/aromatic N) is 4. The molecule has 8 nitrogen and oxygen atoms in total. The van der Waals surface area contributed by atoms with Crippen molar-refractivity contribution in [2.75, 3.05) is 29.6 Å². The van der Waals surface area contributed by atoms with E-state index in [-0.39, 0.29) is 31.0 Å². The Bertz CT molecular complexity index is 1160. The predicted molar refractivity (Wildman–Crippen MR) is 120 cm³/mol. The molecular formula is C24H24N4O4. The Labute approximate surface area is 185 Å². The van der Waals surface area contributed by atoms with E-state index in [0.717, 1.165) is 16.7 Å². The summed E-state index contributed by atoms with van der Waals surface area (Å²) >= 11 is 0. The van der Waals surface area contributed by atoms with Crippen molar-refractivity contribution >= 4 is 23.4 Å². The summed E-state index contributed by atoms with van der Waals surface area (Å²) in [5, 5.41) is 14.3. The maximum Gasteiger partial charge on any atom is 0.411 e. The van der Waals surface area contributed by atoms with E-state index >= 15 is 0 Å². The van der Waals surface area contributed by atoms with E-state index in [1.54, 1.807) is 11.1 Å². The summed E-state index contributed by atoms with van der Waals surface area (Å²) in [6.07, 6.45) is 2.95. The zero-order valence-corrected chi connectivity index (χ0v) is 17.7. The van der Waals surface area contributed by atoms with E-state index in [1.807, 2.05) is 66.3 Å². The molecule has 0 spiro atoms. The first kappa shape index (κ1) is 20.3. The second kappa shape index (κ2) is 8.12. The van der Waals surface area contributed by atoms with Crippen LogP contribution in [0.4, 0.5) is 16.2 Å². The number of amides is 2. The lowest BCUT2D eigenvalue weighted by molar-refractivity contribution is -0.118. The van der Waals surface area contributed by atoms with Gasteiger partial charge in [0.05, 0.1) is 49.3 Å². The average molecular weight is 432 g/mol. The summed E-state index contributed by atoms with van der Waals surface area (Å²) in [6.45, 7) is 3.38. The molecule has 2 amide bonds. The minimum absolute atomic E-state index is 0.0551. The Balaban J connectivity index is 1.50. The smallest absolute Gasteiger partial charge is 0.411 e. The minimum atomic E-state index is -1.03. The van der Waals surface area contributed by atoms with Gasteiger partial charge < -0.3 is 14.7 Å². The molecule has 1 atom stereocenters. The monoisotopic (exact) mass is 432 g/mol. The van der Waals surface area contributed by atoms with Crippen LogP contribution in [-0.2, 0) is 16.0 Å². The Morgan fingerprint density at radius 3 is 2.56 bits per heavy atom. The number of carbonyl (C=O) groups excluding carboxylic acids is 1. The molecule has 0 aliphatic carbocycles. The highest BCUT2D eigenvalue weighted by Gasteiger charge is 2.35. The van der Waals surface area contributed by atoms with E-state index in [2.05, 4.69) is 5.10 Å². The number of aromatic nitrogens is 2. The highest BCUT2D eigenvalue weighted by molar-refractivity contribution is 6.04. The van der Waals surface area contributed by atoms with Gasteiger partial charge in [-0.25, -0.2) is 4.79 Å². The molecule has 1 saturated heterocycles. The van der Waals surface area contributed by atoms with Crippen LogP contribution in [0.1, 0.15) is 18.5 Å². The first-order chi connectivity index (χ1) is 15.5. The molecule has 2 aliphatic heterocycles. The maximum absolute atomic E-state index is 13.2. The quantitative estimate of drug-likeness (QED) is 0.681. The molecule has 2 aromatic carbocycles. The second-order valence-electron chi connectivity index (χ2n) is 8.27. The van der Waals surface area contributed by atoms with Gasteiger partial charge in [0, 0.05) is 18.3 Å². The third-order valence-electron chi connectivity index (χ3n) is 6.04. The summed E-state index contributed by atoms with van der Waals surface area (Å²) < 4.78 is 7.12. The van der Waals surface area contributed by atoms with Gasteiger partial charge in [-0.1, -0.05) is 36.4 Å². The van der Waals surface area contributed by atoms with Crippen molar-refractivity contribution in [2.24, 2.45) is 0 Å². The summed E-state index contributed by atoms with van der Waals surface area (Å²) in [5.74, 6) is -0.0551. The Kier molecular flexibility index (Phi) is 5.14. The van der Waals surface area contributed by atoms with Gasteiger partial charge in [-0.05, 0) is 30.2 Å². The van der Waals surface area contributed by atoms with Crippen LogP contribution in [0, 0.1) is 0 Å². The second-order valence-corrected chi connectivity index (χ2v) is 8.27. The molecule has 3 heterocycles. The fourth-order valence-electron chi connectivity index (χ4n) is 4.28. The minimum Gasteiger partial charge on any atom is -0.465 e. The van der Waals surface area contributed by atoms with Crippen LogP contribution in [-0.4, -0.2) is 52.7 Å². The molecule has 0 saturated carbocycles. The lowest BCUT2D eigenvalue weighted by Crippen LogP contribution is -2.52. The van der Waals surface area contributed by atoms with E-state index in [0.29, 0.717) is 24.6 Å². The van der Waals surface area contributed by atoms with E-state index < -0.39 is 6.09 Å². The third kappa shape index (κ3) is 3.62. The SMILES string of the molecule is C[C@H]1CN(C(=O)O)c2cc(-c3cnn(C4COC4)c3)ccc2N1C(=O)Cc1ccccc1. The number of hydrogen-bond acceptors (Lipinski definition) is 4. The van der Waals surface area contributed by atoms with Crippen LogP contribution >= 0.6 is 0 Å². The Morgan fingerprint density at radius 2 is 1.88 bits per heavy atom. The highest BCUT2D eigenvalue weighted by Crippen LogP contribution is 2.39. The van der Waals surface area contributed by atoms with Crippen molar-refractivity contribution in [3.05, 3.63) is 66.5 Å².